The number of nitriles is 1. The Balaban J connectivity index is 2.39. The van der Waals surface area contributed by atoms with E-state index in [1.807, 2.05) is 30.3 Å². The highest BCUT2D eigenvalue weighted by atomic mass is 15.1. The van der Waals surface area contributed by atoms with Gasteiger partial charge in [0.1, 0.15) is 0 Å². The fourth-order valence-electron chi connectivity index (χ4n) is 2.16. The third kappa shape index (κ3) is 2.58. The first-order valence-corrected chi connectivity index (χ1v) is 5.94. The van der Waals surface area contributed by atoms with Crippen LogP contribution in [0.15, 0.2) is 54.6 Å². The second kappa shape index (κ2) is 5.48. The van der Waals surface area contributed by atoms with Gasteiger partial charge in [0, 0.05) is 0 Å². The molecule has 2 nitrogen and oxygen atoms in total. The average molecular weight is 236 g/mol. The molecule has 90 valence electrons. The van der Waals surface area contributed by atoms with Crippen molar-refractivity contribution in [3.05, 3.63) is 71.3 Å². The van der Waals surface area contributed by atoms with Crippen molar-refractivity contribution >= 4 is 0 Å². The van der Waals surface area contributed by atoms with Crippen LogP contribution in [0.5, 0.6) is 0 Å². The fraction of sp³-hybridized carbons (Fsp3) is 0.188. The molecule has 0 saturated carbocycles. The molecule has 1 atom stereocenters. The predicted octanol–water partition coefficient (Wildman–Crippen LogP) is 3.21. The molecule has 2 heteroatoms. The molecule has 18 heavy (non-hydrogen) atoms. The summed E-state index contributed by atoms with van der Waals surface area (Å²) in [5.74, 6) is 0. The number of hydrogen-bond acceptors (Lipinski definition) is 2. The third-order valence-corrected chi connectivity index (χ3v) is 2.99. The van der Waals surface area contributed by atoms with Crippen LogP contribution in [0.1, 0.15) is 22.7 Å². The number of benzene rings is 2. The topological polar surface area (TPSA) is 27.0 Å². The zero-order valence-corrected chi connectivity index (χ0v) is 10.7. The van der Waals surface area contributed by atoms with E-state index in [1.54, 1.807) is 0 Å². The van der Waals surface area contributed by atoms with Crippen LogP contribution in [0.2, 0.25) is 0 Å². The second-order valence-corrected chi connectivity index (χ2v) is 4.51. The summed E-state index contributed by atoms with van der Waals surface area (Å²) in [7, 11) is 4.13. The molecule has 0 bridgehead atoms. The van der Waals surface area contributed by atoms with E-state index in [1.165, 1.54) is 11.1 Å². The molecule has 0 N–H and O–H groups in total. The first kappa shape index (κ1) is 12.3. The van der Waals surface area contributed by atoms with Gasteiger partial charge in [0.15, 0.2) is 0 Å². The van der Waals surface area contributed by atoms with E-state index < -0.39 is 0 Å². The molecule has 0 radical (unpaired) electrons. The van der Waals surface area contributed by atoms with E-state index >= 15 is 0 Å². The summed E-state index contributed by atoms with van der Waals surface area (Å²) in [6.07, 6.45) is 0. The zero-order valence-electron chi connectivity index (χ0n) is 10.7. The van der Waals surface area contributed by atoms with Gasteiger partial charge in [-0.15, -0.1) is 0 Å². The normalized spacial score (nSPS) is 12.1. The van der Waals surface area contributed by atoms with Crippen molar-refractivity contribution in [2.45, 2.75) is 6.04 Å². The Bertz CT molecular complexity index is 536. The molecular formula is C16H16N2. The fourth-order valence-corrected chi connectivity index (χ4v) is 2.16. The average Bonchev–Trinajstić information content (AvgIpc) is 2.40. The van der Waals surface area contributed by atoms with Gasteiger partial charge in [0.2, 0.25) is 0 Å². The lowest BCUT2D eigenvalue weighted by molar-refractivity contribution is 0.342. The first-order valence-electron chi connectivity index (χ1n) is 5.94. The van der Waals surface area contributed by atoms with Gasteiger partial charge in [-0.05, 0) is 37.4 Å². The highest BCUT2D eigenvalue weighted by Crippen LogP contribution is 2.26. The van der Waals surface area contributed by atoms with Gasteiger partial charge in [-0.25, -0.2) is 0 Å². The van der Waals surface area contributed by atoms with E-state index in [9.17, 15) is 0 Å². The van der Waals surface area contributed by atoms with Gasteiger partial charge in [0.05, 0.1) is 17.7 Å². The summed E-state index contributed by atoms with van der Waals surface area (Å²) in [5.41, 5.74) is 3.15. The molecule has 2 aromatic rings. The highest BCUT2D eigenvalue weighted by Gasteiger charge is 2.15. The van der Waals surface area contributed by atoms with Crippen molar-refractivity contribution in [1.29, 1.82) is 5.26 Å². The minimum Gasteiger partial charge on any atom is -0.299 e. The summed E-state index contributed by atoms with van der Waals surface area (Å²) in [6, 6.07) is 20.5. The lowest BCUT2D eigenvalue weighted by atomic mass is 9.97. The molecule has 0 heterocycles. The van der Waals surface area contributed by atoms with Crippen molar-refractivity contribution in [3.63, 3.8) is 0 Å². The maximum atomic E-state index is 8.83. The largest absolute Gasteiger partial charge is 0.299 e. The van der Waals surface area contributed by atoms with Crippen LogP contribution < -0.4 is 0 Å². The summed E-state index contributed by atoms with van der Waals surface area (Å²) in [6.45, 7) is 0. The van der Waals surface area contributed by atoms with Crippen molar-refractivity contribution in [1.82, 2.24) is 4.90 Å². The van der Waals surface area contributed by atoms with Crippen molar-refractivity contribution in [2.75, 3.05) is 14.1 Å². The van der Waals surface area contributed by atoms with Crippen LogP contribution in [0.25, 0.3) is 0 Å². The molecule has 2 rings (SSSR count). The van der Waals surface area contributed by atoms with E-state index in [4.69, 9.17) is 5.26 Å². The molecule has 0 aliphatic rings. The van der Waals surface area contributed by atoms with Gasteiger partial charge < -0.3 is 0 Å². The Morgan fingerprint density at radius 1 is 0.889 bits per heavy atom. The molecule has 0 aliphatic heterocycles. The van der Waals surface area contributed by atoms with E-state index in [-0.39, 0.29) is 6.04 Å². The zero-order chi connectivity index (χ0) is 13.0. The quantitative estimate of drug-likeness (QED) is 0.818. The molecule has 0 saturated heterocycles. The predicted molar refractivity (Wildman–Crippen MR) is 73.1 cm³/mol. The first-order chi connectivity index (χ1) is 8.72. The standard InChI is InChI=1S/C16H16N2/c1-18(2)16(14-6-4-3-5-7-14)15-10-8-13(12-17)9-11-15/h3-11,16H,1-2H3/t16-/m1/s1. The SMILES string of the molecule is CN(C)[C@H](c1ccccc1)c1ccc(C#N)cc1. The Morgan fingerprint density at radius 3 is 1.94 bits per heavy atom. The highest BCUT2D eigenvalue weighted by molar-refractivity contribution is 5.37. The summed E-state index contributed by atoms with van der Waals surface area (Å²) in [4.78, 5) is 2.18. The molecule has 0 unspecified atom stereocenters. The Kier molecular flexibility index (Phi) is 3.76. The number of rotatable bonds is 3. The van der Waals surface area contributed by atoms with E-state index in [2.05, 4.69) is 49.3 Å². The summed E-state index contributed by atoms with van der Waals surface area (Å²) >= 11 is 0. The van der Waals surface area contributed by atoms with Crippen LogP contribution >= 0.6 is 0 Å². The summed E-state index contributed by atoms with van der Waals surface area (Å²) < 4.78 is 0. The molecule has 0 fully saturated rings. The Labute approximate surface area is 108 Å². The van der Waals surface area contributed by atoms with Crippen molar-refractivity contribution in [3.8, 4) is 6.07 Å². The molecule has 0 aromatic heterocycles. The lowest BCUT2D eigenvalue weighted by Gasteiger charge is -2.25. The number of hydrogen-bond donors (Lipinski definition) is 0. The van der Waals surface area contributed by atoms with Gasteiger partial charge in [-0.3, -0.25) is 4.90 Å². The Morgan fingerprint density at radius 2 is 1.44 bits per heavy atom. The molecule has 0 aliphatic carbocycles. The third-order valence-electron chi connectivity index (χ3n) is 2.99. The van der Waals surface area contributed by atoms with Gasteiger partial charge in [-0.1, -0.05) is 42.5 Å². The minimum atomic E-state index is 0.221. The van der Waals surface area contributed by atoms with Crippen molar-refractivity contribution in [2.24, 2.45) is 0 Å². The smallest absolute Gasteiger partial charge is 0.0991 e. The van der Waals surface area contributed by atoms with Gasteiger partial charge >= 0.3 is 0 Å². The number of nitrogens with zero attached hydrogens (tertiary/aromatic N) is 2. The maximum absolute atomic E-state index is 8.83. The molecular weight excluding hydrogens is 220 g/mol. The van der Waals surface area contributed by atoms with Gasteiger partial charge in [0.25, 0.3) is 0 Å². The Hall–Kier alpha value is -2.11. The minimum absolute atomic E-state index is 0.221. The van der Waals surface area contributed by atoms with Gasteiger partial charge in [-0.2, -0.15) is 5.26 Å². The van der Waals surface area contributed by atoms with Crippen LogP contribution in [0.3, 0.4) is 0 Å². The van der Waals surface area contributed by atoms with Crippen molar-refractivity contribution < 1.29 is 0 Å². The van der Waals surface area contributed by atoms with E-state index in [0.717, 1.165) is 0 Å². The van der Waals surface area contributed by atoms with E-state index in [0.29, 0.717) is 5.56 Å². The van der Waals surface area contributed by atoms with Crippen LogP contribution in [0.4, 0.5) is 0 Å². The summed E-state index contributed by atoms with van der Waals surface area (Å²) in [5, 5.41) is 8.83. The maximum Gasteiger partial charge on any atom is 0.0991 e. The van der Waals surface area contributed by atoms with Crippen LogP contribution in [-0.4, -0.2) is 19.0 Å². The second-order valence-electron chi connectivity index (χ2n) is 4.51. The van der Waals surface area contributed by atoms with Crippen LogP contribution in [0, 0.1) is 11.3 Å². The molecule has 0 amide bonds. The van der Waals surface area contributed by atoms with Crippen LogP contribution in [-0.2, 0) is 0 Å². The molecule has 2 aromatic carbocycles. The lowest BCUT2D eigenvalue weighted by Crippen LogP contribution is -2.20. The molecule has 0 spiro atoms. The monoisotopic (exact) mass is 236 g/mol.